The summed E-state index contributed by atoms with van der Waals surface area (Å²) in [6.07, 6.45) is 0. The summed E-state index contributed by atoms with van der Waals surface area (Å²) in [5.74, 6) is -1.15. The summed E-state index contributed by atoms with van der Waals surface area (Å²) in [4.78, 5) is 22.3. The highest BCUT2D eigenvalue weighted by Crippen LogP contribution is 2.25. The number of benzene rings is 1. The van der Waals surface area contributed by atoms with E-state index in [-0.39, 0.29) is 11.3 Å². The van der Waals surface area contributed by atoms with E-state index in [1.54, 1.807) is 26.0 Å². The molecule has 0 bridgehead atoms. The Balaban J connectivity index is 3.13. The monoisotopic (exact) mass is 236 g/mol. The van der Waals surface area contributed by atoms with Crippen molar-refractivity contribution in [1.82, 2.24) is 0 Å². The van der Waals surface area contributed by atoms with Crippen molar-refractivity contribution in [2.45, 2.75) is 19.4 Å². The highest BCUT2D eigenvalue weighted by atomic mass is 16.1. The van der Waals surface area contributed by atoms with Crippen molar-refractivity contribution in [3.05, 3.63) is 23.8 Å². The van der Waals surface area contributed by atoms with Gasteiger partial charge in [0.1, 0.15) is 5.54 Å². The predicted molar refractivity (Wildman–Crippen MR) is 66.3 cm³/mol. The number of hydrogen-bond donors (Lipinski definition) is 4. The van der Waals surface area contributed by atoms with E-state index in [1.807, 2.05) is 0 Å². The van der Waals surface area contributed by atoms with Crippen LogP contribution in [-0.2, 0) is 4.79 Å². The maximum Gasteiger partial charge on any atom is 0.250 e. The lowest BCUT2D eigenvalue weighted by Crippen LogP contribution is -2.45. The van der Waals surface area contributed by atoms with Crippen LogP contribution >= 0.6 is 0 Å². The average Bonchev–Trinajstić information content (AvgIpc) is 2.20. The molecule has 0 heterocycles. The van der Waals surface area contributed by atoms with Crippen LogP contribution in [0.4, 0.5) is 11.4 Å². The van der Waals surface area contributed by atoms with Gasteiger partial charge in [0, 0.05) is 0 Å². The van der Waals surface area contributed by atoms with Crippen LogP contribution in [-0.4, -0.2) is 17.4 Å². The molecule has 1 rings (SSSR count). The maximum atomic E-state index is 11.2. The van der Waals surface area contributed by atoms with Crippen LogP contribution in [0.3, 0.4) is 0 Å². The molecule has 0 aromatic heterocycles. The van der Waals surface area contributed by atoms with Gasteiger partial charge in [0.05, 0.1) is 16.9 Å². The van der Waals surface area contributed by atoms with Crippen LogP contribution in [0, 0.1) is 0 Å². The minimum absolute atomic E-state index is 0.203. The Bertz CT molecular complexity index is 469. The molecule has 0 radical (unpaired) electrons. The molecule has 1 aromatic carbocycles. The van der Waals surface area contributed by atoms with Crippen LogP contribution in [0.5, 0.6) is 0 Å². The van der Waals surface area contributed by atoms with E-state index in [9.17, 15) is 9.59 Å². The van der Waals surface area contributed by atoms with Crippen molar-refractivity contribution in [1.29, 1.82) is 0 Å². The lowest BCUT2D eigenvalue weighted by Gasteiger charge is -2.25. The Morgan fingerprint density at radius 3 is 2.29 bits per heavy atom. The molecule has 0 spiro atoms. The second-order valence-corrected chi connectivity index (χ2v) is 4.25. The van der Waals surface area contributed by atoms with Gasteiger partial charge in [-0.1, -0.05) is 6.07 Å². The van der Waals surface area contributed by atoms with E-state index in [0.29, 0.717) is 5.69 Å². The standard InChI is InChI=1S/C11H16N4O2/c1-11(2,10(14)17)15-7-5-3-4-6(8(7)12)9(13)16/h3-5,15H,12H2,1-2H3,(H2,13,16)(H2,14,17). The van der Waals surface area contributed by atoms with Gasteiger partial charge < -0.3 is 22.5 Å². The molecule has 7 N–H and O–H groups in total. The van der Waals surface area contributed by atoms with Crippen molar-refractivity contribution in [3.63, 3.8) is 0 Å². The zero-order valence-electron chi connectivity index (χ0n) is 9.78. The third-order valence-corrected chi connectivity index (χ3v) is 2.43. The van der Waals surface area contributed by atoms with Crippen molar-refractivity contribution in [3.8, 4) is 0 Å². The highest BCUT2D eigenvalue weighted by Gasteiger charge is 2.25. The minimum Gasteiger partial charge on any atom is -0.396 e. The number of carbonyl (C=O) groups is 2. The molecule has 2 amide bonds. The minimum atomic E-state index is -0.968. The molecule has 6 nitrogen and oxygen atoms in total. The van der Waals surface area contributed by atoms with E-state index in [1.165, 1.54) is 6.07 Å². The number of anilines is 2. The number of nitrogens with two attached hydrogens (primary N) is 3. The predicted octanol–water partition coefficient (Wildman–Crippen LogP) is 0.0435. The second kappa shape index (κ2) is 4.32. The number of primary amides is 2. The number of hydrogen-bond acceptors (Lipinski definition) is 4. The van der Waals surface area contributed by atoms with Gasteiger partial charge in [-0.25, -0.2) is 0 Å². The first-order valence-corrected chi connectivity index (χ1v) is 5.02. The third kappa shape index (κ3) is 2.66. The summed E-state index contributed by atoms with van der Waals surface area (Å²) in [5.41, 5.74) is 16.1. The van der Waals surface area contributed by atoms with Crippen LogP contribution in [0.2, 0.25) is 0 Å². The molecule has 0 fully saturated rings. The van der Waals surface area contributed by atoms with Crippen LogP contribution in [0.15, 0.2) is 18.2 Å². The van der Waals surface area contributed by atoms with Gasteiger partial charge in [-0.15, -0.1) is 0 Å². The maximum absolute atomic E-state index is 11.2. The van der Waals surface area contributed by atoms with Crippen molar-refractivity contribution in [2.24, 2.45) is 11.5 Å². The van der Waals surface area contributed by atoms with Gasteiger partial charge in [0.15, 0.2) is 0 Å². The summed E-state index contributed by atoms with van der Waals surface area (Å²) in [7, 11) is 0. The Hall–Kier alpha value is -2.24. The molecular weight excluding hydrogens is 220 g/mol. The first-order chi connectivity index (χ1) is 7.75. The summed E-state index contributed by atoms with van der Waals surface area (Å²) in [6, 6.07) is 4.78. The third-order valence-electron chi connectivity index (χ3n) is 2.43. The number of nitrogens with one attached hydrogen (secondary N) is 1. The molecule has 0 atom stereocenters. The molecular formula is C11H16N4O2. The molecule has 0 aliphatic rings. The molecule has 0 saturated heterocycles. The molecule has 1 aromatic rings. The number of rotatable bonds is 4. The van der Waals surface area contributed by atoms with Crippen molar-refractivity contribution >= 4 is 23.2 Å². The fraction of sp³-hybridized carbons (Fsp3) is 0.273. The molecule has 17 heavy (non-hydrogen) atoms. The fourth-order valence-electron chi connectivity index (χ4n) is 1.29. The molecule has 6 heteroatoms. The summed E-state index contributed by atoms with van der Waals surface area (Å²) < 4.78 is 0. The number of para-hydroxylation sites is 1. The number of carbonyl (C=O) groups excluding carboxylic acids is 2. The van der Waals surface area contributed by atoms with Crippen molar-refractivity contribution < 1.29 is 9.59 Å². The zero-order chi connectivity index (χ0) is 13.2. The quantitative estimate of drug-likeness (QED) is 0.551. The molecule has 0 saturated carbocycles. The van der Waals surface area contributed by atoms with E-state index in [0.717, 1.165) is 0 Å². The Labute approximate surface area is 99.1 Å². The first kappa shape index (κ1) is 12.8. The first-order valence-electron chi connectivity index (χ1n) is 5.02. The van der Waals surface area contributed by atoms with E-state index < -0.39 is 17.4 Å². The fourth-order valence-corrected chi connectivity index (χ4v) is 1.29. The Morgan fingerprint density at radius 1 is 1.24 bits per heavy atom. The van der Waals surface area contributed by atoms with Gasteiger partial charge >= 0.3 is 0 Å². The van der Waals surface area contributed by atoms with Crippen molar-refractivity contribution in [2.75, 3.05) is 11.1 Å². The second-order valence-electron chi connectivity index (χ2n) is 4.25. The molecule has 0 aliphatic carbocycles. The Morgan fingerprint density at radius 2 is 1.82 bits per heavy atom. The van der Waals surface area contributed by atoms with Gasteiger partial charge in [-0.05, 0) is 26.0 Å². The topological polar surface area (TPSA) is 124 Å². The number of amides is 2. The molecule has 92 valence electrons. The van der Waals surface area contributed by atoms with Gasteiger partial charge in [0.25, 0.3) is 5.91 Å². The van der Waals surface area contributed by atoms with E-state index in [2.05, 4.69) is 5.32 Å². The van der Waals surface area contributed by atoms with E-state index >= 15 is 0 Å². The smallest absolute Gasteiger partial charge is 0.250 e. The molecule has 0 aliphatic heterocycles. The number of nitrogen functional groups attached to an aromatic ring is 1. The molecule has 0 unspecified atom stereocenters. The van der Waals surface area contributed by atoms with Gasteiger partial charge in [-0.3, -0.25) is 9.59 Å². The normalized spacial score (nSPS) is 10.9. The average molecular weight is 236 g/mol. The van der Waals surface area contributed by atoms with Gasteiger partial charge in [-0.2, -0.15) is 0 Å². The lowest BCUT2D eigenvalue weighted by atomic mass is 10.0. The van der Waals surface area contributed by atoms with Crippen LogP contribution in [0.1, 0.15) is 24.2 Å². The highest BCUT2D eigenvalue weighted by molar-refractivity contribution is 6.01. The van der Waals surface area contributed by atoms with Crippen LogP contribution < -0.4 is 22.5 Å². The summed E-state index contributed by atoms with van der Waals surface area (Å²) in [6.45, 7) is 3.23. The Kier molecular flexibility index (Phi) is 3.26. The summed E-state index contributed by atoms with van der Waals surface area (Å²) in [5, 5.41) is 2.87. The largest absolute Gasteiger partial charge is 0.396 e. The van der Waals surface area contributed by atoms with E-state index in [4.69, 9.17) is 17.2 Å². The lowest BCUT2D eigenvalue weighted by molar-refractivity contribution is -0.121. The van der Waals surface area contributed by atoms with Gasteiger partial charge in [0.2, 0.25) is 5.91 Å². The van der Waals surface area contributed by atoms with Crippen LogP contribution in [0.25, 0.3) is 0 Å². The zero-order valence-corrected chi connectivity index (χ0v) is 9.78. The SMILES string of the molecule is CC(C)(Nc1cccc(C(N)=O)c1N)C(N)=O. The summed E-state index contributed by atoms with van der Waals surface area (Å²) >= 11 is 0.